The highest BCUT2D eigenvalue weighted by Crippen LogP contribution is 2.26. The van der Waals surface area contributed by atoms with Crippen LogP contribution in [0.5, 0.6) is 5.75 Å². The van der Waals surface area contributed by atoms with Crippen LogP contribution in [0, 0.1) is 0 Å². The van der Waals surface area contributed by atoms with Crippen LogP contribution in [0.3, 0.4) is 0 Å². The van der Waals surface area contributed by atoms with Crippen LogP contribution >= 0.6 is 0 Å². The number of para-hydroxylation sites is 1. The van der Waals surface area contributed by atoms with Gasteiger partial charge in [0.25, 0.3) is 0 Å². The zero-order valence-electron chi connectivity index (χ0n) is 15.1. The Morgan fingerprint density at radius 3 is 2.52 bits per heavy atom. The number of aromatic nitrogens is 3. The van der Waals surface area contributed by atoms with Gasteiger partial charge in [0, 0.05) is 41.7 Å². The van der Waals surface area contributed by atoms with Gasteiger partial charge in [-0.25, -0.2) is 0 Å². The van der Waals surface area contributed by atoms with Crippen molar-refractivity contribution in [2.24, 2.45) is 0 Å². The van der Waals surface area contributed by atoms with Gasteiger partial charge in [-0.3, -0.25) is 4.98 Å². The minimum Gasteiger partial charge on any atom is -0.496 e. The van der Waals surface area contributed by atoms with Gasteiger partial charge in [0.2, 0.25) is 0 Å². The van der Waals surface area contributed by atoms with Gasteiger partial charge in [-0.1, -0.05) is 48.5 Å². The summed E-state index contributed by atoms with van der Waals surface area (Å²) >= 11 is 0. The first-order valence-electron chi connectivity index (χ1n) is 8.84. The molecule has 0 bridgehead atoms. The Bertz CT molecular complexity index is 1050. The molecule has 4 aromatic rings. The maximum atomic E-state index is 5.42. The van der Waals surface area contributed by atoms with E-state index in [4.69, 9.17) is 4.74 Å². The number of methoxy groups -OCH3 is 1. The smallest absolute Gasteiger partial charge is 0.156 e. The van der Waals surface area contributed by atoms with Crippen LogP contribution in [0.15, 0.2) is 73.1 Å². The van der Waals surface area contributed by atoms with Crippen molar-refractivity contribution in [3.63, 3.8) is 0 Å². The van der Waals surface area contributed by atoms with Crippen molar-refractivity contribution in [2.45, 2.75) is 13.0 Å². The Labute approximate surface area is 158 Å². The first kappa shape index (κ1) is 17.0. The van der Waals surface area contributed by atoms with Crippen molar-refractivity contribution in [1.29, 1.82) is 0 Å². The fourth-order valence-electron chi connectivity index (χ4n) is 3.14. The summed E-state index contributed by atoms with van der Waals surface area (Å²) in [6, 6.07) is 20.2. The second kappa shape index (κ2) is 7.83. The van der Waals surface area contributed by atoms with E-state index in [1.807, 2.05) is 48.7 Å². The number of rotatable bonds is 6. The summed E-state index contributed by atoms with van der Waals surface area (Å²) in [6.07, 6.45) is 4.34. The number of benzene rings is 2. The van der Waals surface area contributed by atoms with Crippen molar-refractivity contribution in [2.75, 3.05) is 12.4 Å². The highest BCUT2D eigenvalue weighted by molar-refractivity contribution is 5.93. The summed E-state index contributed by atoms with van der Waals surface area (Å²) in [6.45, 7) is 0.616. The quantitative estimate of drug-likeness (QED) is 0.560. The van der Waals surface area contributed by atoms with Crippen molar-refractivity contribution in [1.82, 2.24) is 15.2 Å². The average molecular weight is 356 g/mol. The van der Waals surface area contributed by atoms with Gasteiger partial charge < -0.3 is 10.1 Å². The fourth-order valence-corrected chi connectivity index (χ4v) is 3.14. The highest BCUT2D eigenvalue weighted by Gasteiger charge is 2.10. The molecule has 27 heavy (non-hydrogen) atoms. The van der Waals surface area contributed by atoms with Crippen molar-refractivity contribution in [3.8, 4) is 5.75 Å². The molecule has 0 saturated heterocycles. The summed E-state index contributed by atoms with van der Waals surface area (Å²) in [4.78, 5) is 4.19. The second-order valence-corrected chi connectivity index (χ2v) is 6.24. The number of hydrogen-bond acceptors (Lipinski definition) is 5. The van der Waals surface area contributed by atoms with Gasteiger partial charge in [0.1, 0.15) is 5.75 Å². The molecule has 0 aliphatic heterocycles. The Hall–Kier alpha value is -3.47. The summed E-state index contributed by atoms with van der Waals surface area (Å²) < 4.78 is 5.42. The average Bonchev–Trinajstić information content (AvgIpc) is 2.74. The standard InChI is InChI=1S/C22H20N4O/c1-27-21-11-5-2-8-17(21)15-24-22-19-10-4-3-9-18(19)20(25-26-22)13-16-7-6-12-23-14-16/h2-12,14H,13,15H2,1H3,(H,24,26). The molecule has 5 heteroatoms. The summed E-state index contributed by atoms with van der Waals surface area (Å²) in [5, 5.41) is 14.5. The molecule has 1 N–H and O–H groups in total. The number of nitrogens with zero attached hydrogens (tertiary/aromatic N) is 3. The van der Waals surface area contributed by atoms with Crippen LogP contribution in [0.4, 0.5) is 5.82 Å². The van der Waals surface area contributed by atoms with E-state index < -0.39 is 0 Å². The third-order valence-corrected chi connectivity index (χ3v) is 4.50. The zero-order valence-corrected chi connectivity index (χ0v) is 15.1. The van der Waals surface area contributed by atoms with E-state index in [0.717, 1.165) is 39.2 Å². The van der Waals surface area contributed by atoms with Gasteiger partial charge in [-0.2, -0.15) is 5.10 Å². The molecule has 0 radical (unpaired) electrons. The lowest BCUT2D eigenvalue weighted by Crippen LogP contribution is -2.06. The molecule has 0 atom stereocenters. The lowest BCUT2D eigenvalue weighted by Gasteiger charge is -2.12. The third-order valence-electron chi connectivity index (χ3n) is 4.50. The molecule has 0 aliphatic rings. The normalized spacial score (nSPS) is 10.7. The zero-order chi connectivity index (χ0) is 18.5. The predicted molar refractivity (Wildman–Crippen MR) is 107 cm³/mol. The minimum atomic E-state index is 0.616. The van der Waals surface area contributed by atoms with Crippen LogP contribution in [0.25, 0.3) is 10.8 Å². The summed E-state index contributed by atoms with van der Waals surface area (Å²) in [5.74, 6) is 1.63. The molecule has 2 aromatic carbocycles. The summed E-state index contributed by atoms with van der Waals surface area (Å²) in [7, 11) is 1.68. The van der Waals surface area contributed by atoms with Crippen LogP contribution < -0.4 is 10.1 Å². The van der Waals surface area contributed by atoms with Crippen LogP contribution in [-0.4, -0.2) is 22.3 Å². The molecule has 0 fully saturated rings. The van der Waals surface area contributed by atoms with Gasteiger partial charge in [-0.15, -0.1) is 5.10 Å². The molecule has 0 spiro atoms. The number of hydrogen-bond donors (Lipinski definition) is 1. The first-order chi connectivity index (χ1) is 13.3. The Morgan fingerprint density at radius 2 is 1.70 bits per heavy atom. The largest absolute Gasteiger partial charge is 0.496 e. The lowest BCUT2D eigenvalue weighted by molar-refractivity contribution is 0.410. The number of anilines is 1. The maximum absolute atomic E-state index is 5.42. The molecule has 134 valence electrons. The second-order valence-electron chi connectivity index (χ2n) is 6.24. The van der Waals surface area contributed by atoms with Gasteiger partial charge in [-0.05, 0) is 17.7 Å². The van der Waals surface area contributed by atoms with Gasteiger partial charge >= 0.3 is 0 Å². The van der Waals surface area contributed by atoms with Crippen molar-refractivity contribution < 1.29 is 4.74 Å². The molecule has 0 unspecified atom stereocenters. The van der Waals surface area contributed by atoms with Gasteiger partial charge in [0.05, 0.1) is 12.8 Å². The Balaban J connectivity index is 1.64. The van der Waals surface area contributed by atoms with E-state index in [1.165, 1.54) is 0 Å². The van der Waals surface area contributed by atoms with E-state index in [9.17, 15) is 0 Å². The number of nitrogens with one attached hydrogen (secondary N) is 1. The number of ether oxygens (including phenoxy) is 1. The first-order valence-corrected chi connectivity index (χ1v) is 8.84. The summed E-state index contributed by atoms with van der Waals surface area (Å²) in [5.41, 5.74) is 3.14. The van der Waals surface area contributed by atoms with E-state index in [2.05, 4.69) is 38.7 Å². The Morgan fingerprint density at radius 1 is 0.889 bits per heavy atom. The third kappa shape index (κ3) is 3.72. The molecular formula is C22H20N4O. The molecule has 5 nitrogen and oxygen atoms in total. The van der Waals surface area contributed by atoms with E-state index in [-0.39, 0.29) is 0 Å². The maximum Gasteiger partial charge on any atom is 0.156 e. The number of pyridine rings is 1. The Kier molecular flexibility index (Phi) is 4.92. The molecule has 2 heterocycles. The van der Waals surface area contributed by atoms with Crippen molar-refractivity contribution in [3.05, 3.63) is 89.9 Å². The monoisotopic (exact) mass is 356 g/mol. The van der Waals surface area contributed by atoms with Crippen LogP contribution in [0.1, 0.15) is 16.8 Å². The van der Waals surface area contributed by atoms with E-state index >= 15 is 0 Å². The molecule has 4 rings (SSSR count). The number of fused-ring (bicyclic) bond motifs is 1. The van der Waals surface area contributed by atoms with Crippen LogP contribution in [0.2, 0.25) is 0 Å². The van der Waals surface area contributed by atoms with E-state index in [0.29, 0.717) is 13.0 Å². The fraction of sp³-hybridized carbons (Fsp3) is 0.136. The van der Waals surface area contributed by atoms with Crippen molar-refractivity contribution >= 4 is 16.6 Å². The molecule has 0 amide bonds. The van der Waals surface area contributed by atoms with E-state index in [1.54, 1.807) is 13.3 Å². The molecule has 2 aromatic heterocycles. The SMILES string of the molecule is COc1ccccc1CNc1nnc(Cc2cccnc2)c2ccccc12. The van der Waals surface area contributed by atoms with Gasteiger partial charge in [0.15, 0.2) is 5.82 Å². The topological polar surface area (TPSA) is 59.9 Å². The molecular weight excluding hydrogens is 336 g/mol. The highest BCUT2D eigenvalue weighted by atomic mass is 16.5. The lowest BCUT2D eigenvalue weighted by atomic mass is 10.1. The minimum absolute atomic E-state index is 0.616. The molecule has 0 aliphatic carbocycles. The van der Waals surface area contributed by atoms with Crippen LogP contribution in [-0.2, 0) is 13.0 Å². The molecule has 0 saturated carbocycles. The predicted octanol–water partition coefficient (Wildman–Crippen LogP) is 4.24.